The minimum absolute atomic E-state index is 0.0299. The number of nitrogens with zero attached hydrogens (tertiary/aromatic N) is 1. The molecule has 2 aliphatic rings. The monoisotopic (exact) mass is 635 g/mol. The summed E-state index contributed by atoms with van der Waals surface area (Å²) in [6, 6.07) is 4.81. The summed E-state index contributed by atoms with van der Waals surface area (Å²) in [5, 5.41) is 9.79. The maximum absolute atomic E-state index is 14.8. The van der Waals surface area contributed by atoms with Gasteiger partial charge in [0.15, 0.2) is 0 Å². The molecular weight excluding hydrogens is 588 g/mol. The molecule has 4 N–H and O–H groups in total. The Hall–Kier alpha value is -3.61. The molecule has 0 aromatic heterocycles. The second-order valence-corrected chi connectivity index (χ2v) is 11.8. The minimum atomic E-state index is -4.34. The maximum atomic E-state index is 14.8. The fourth-order valence-electron chi connectivity index (χ4n) is 5.76. The van der Waals surface area contributed by atoms with Crippen molar-refractivity contribution in [1.82, 2.24) is 26.2 Å². The lowest BCUT2D eigenvalue weighted by Gasteiger charge is -2.31. The van der Waals surface area contributed by atoms with Gasteiger partial charge in [0.2, 0.25) is 17.6 Å². The zero-order valence-corrected chi connectivity index (χ0v) is 26.2. The molecule has 1 saturated carbocycles. The number of hydrogen-bond donors (Lipinski definition) is 4. The number of ketones is 1. The average Bonchev–Trinajstić information content (AvgIpc) is 3.06. The summed E-state index contributed by atoms with van der Waals surface area (Å²) >= 11 is 0. The summed E-state index contributed by atoms with van der Waals surface area (Å²) in [5.74, 6) is -9.25. The molecule has 2 fully saturated rings. The Kier molecular flexibility index (Phi) is 14.2. The molecule has 5 amide bonds. The lowest BCUT2D eigenvalue weighted by molar-refractivity contribution is -0.160. The van der Waals surface area contributed by atoms with E-state index in [1.54, 1.807) is 4.90 Å². The molecule has 45 heavy (non-hydrogen) atoms. The van der Waals surface area contributed by atoms with Crippen LogP contribution in [-0.4, -0.2) is 91.8 Å². The third-order valence-corrected chi connectivity index (χ3v) is 8.42. The SMILES string of the molecule is CCCC[C@H](NC(=O)[C@H](Cc1ccccc1)NC(=O)N1CCOCC1)C(=O)N[C@@H](CC1CCCCC1)C(=O)C(F)(F)C(=O)NC. The van der Waals surface area contributed by atoms with Crippen molar-refractivity contribution in [3.63, 3.8) is 0 Å². The van der Waals surface area contributed by atoms with Gasteiger partial charge in [-0.15, -0.1) is 0 Å². The molecule has 0 unspecified atom stereocenters. The number of alkyl halides is 2. The predicted octanol–water partition coefficient (Wildman–Crippen LogP) is 2.72. The molecule has 1 aromatic rings. The number of morpholine rings is 1. The molecule has 0 bridgehead atoms. The van der Waals surface area contributed by atoms with Crippen LogP contribution >= 0.6 is 0 Å². The molecular formula is C32H47F2N5O6. The van der Waals surface area contributed by atoms with Crippen molar-refractivity contribution < 1.29 is 37.5 Å². The van der Waals surface area contributed by atoms with Crippen LogP contribution in [0.15, 0.2) is 30.3 Å². The van der Waals surface area contributed by atoms with Crippen LogP contribution in [0.1, 0.15) is 70.3 Å². The Morgan fingerprint density at radius 3 is 2.16 bits per heavy atom. The van der Waals surface area contributed by atoms with Crippen LogP contribution in [0.25, 0.3) is 0 Å². The molecule has 0 radical (unpaired) electrons. The fourth-order valence-corrected chi connectivity index (χ4v) is 5.76. The molecule has 3 rings (SSSR count). The van der Waals surface area contributed by atoms with Crippen LogP contribution in [0.4, 0.5) is 13.6 Å². The van der Waals surface area contributed by atoms with Crippen LogP contribution in [0.3, 0.4) is 0 Å². The van der Waals surface area contributed by atoms with Gasteiger partial charge in [0.05, 0.1) is 19.3 Å². The van der Waals surface area contributed by atoms with Gasteiger partial charge in [-0.25, -0.2) is 4.79 Å². The summed E-state index contributed by atoms with van der Waals surface area (Å²) in [4.78, 5) is 66.8. The van der Waals surface area contributed by atoms with Crippen molar-refractivity contribution in [1.29, 1.82) is 0 Å². The van der Waals surface area contributed by atoms with Crippen LogP contribution in [0.5, 0.6) is 0 Å². The van der Waals surface area contributed by atoms with Crippen LogP contribution in [-0.2, 0) is 30.3 Å². The first-order valence-electron chi connectivity index (χ1n) is 16.0. The zero-order chi connectivity index (χ0) is 32.8. The lowest BCUT2D eigenvalue weighted by atomic mass is 9.83. The highest BCUT2D eigenvalue weighted by atomic mass is 19.3. The van der Waals surface area contributed by atoms with E-state index < -0.39 is 53.6 Å². The van der Waals surface area contributed by atoms with E-state index in [4.69, 9.17) is 4.74 Å². The topological polar surface area (TPSA) is 146 Å². The Balaban J connectivity index is 1.80. The first-order valence-corrected chi connectivity index (χ1v) is 16.0. The Bertz CT molecular complexity index is 1140. The smallest absolute Gasteiger partial charge is 0.378 e. The van der Waals surface area contributed by atoms with Gasteiger partial charge >= 0.3 is 12.0 Å². The molecule has 13 heteroatoms. The van der Waals surface area contributed by atoms with Gasteiger partial charge in [-0.3, -0.25) is 19.2 Å². The number of Topliss-reactive ketones (excluding diaryl/α,β-unsaturated/α-hetero) is 1. The number of benzene rings is 1. The van der Waals surface area contributed by atoms with Crippen molar-refractivity contribution in [3.05, 3.63) is 35.9 Å². The van der Waals surface area contributed by atoms with Gasteiger partial charge in [-0.05, 0) is 24.3 Å². The van der Waals surface area contributed by atoms with Crippen LogP contribution < -0.4 is 21.3 Å². The number of amides is 5. The normalized spacial score (nSPS) is 17.8. The van der Waals surface area contributed by atoms with E-state index in [9.17, 15) is 32.8 Å². The number of halogens is 2. The van der Waals surface area contributed by atoms with E-state index >= 15 is 0 Å². The van der Waals surface area contributed by atoms with E-state index in [0.29, 0.717) is 39.1 Å². The van der Waals surface area contributed by atoms with Crippen molar-refractivity contribution in [2.45, 2.75) is 95.2 Å². The average molecular weight is 636 g/mol. The molecule has 1 saturated heterocycles. The van der Waals surface area contributed by atoms with Crippen molar-refractivity contribution >= 4 is 29.5 Å². The molecule has 1 heterocycles. The molecule has 3 atom stereocenters. The predicted molar refractivity (Wildman–Crippen MR) is 163 cm³/mol. The summed E-state index contributed by atoms with van der Waals surface area (Å²) < 4.78 is 35.0. The number of urea groups is 1. The first kappa shape index (κ1) is 35.9. The van der Waals surface area contributed by atoms with Gasteiger partial charge in [-0.2, -0.15) is 8.78 Å². The highest BCUT2D eigenvalue weighted by Gasteiger charge is 2.50. The van der Waals surface area contributed by atoms with Gasteiger partial charge in [-0.1, -0.05) is 82.2 Å². The largest absolute Gasteiger partial charge is 0.383 e. The maximum Gasteiger partial charge on any atom is 0.383 e. The van der Waals surface area contributed by atoms with Crippen LogP contribution in [0, 0.1) is 5.92 Å². The number of nitrogens with one attached hydrogen (secondary N) is 4. The van der Waals surface area contributed by atoms with E-state index in [0.717, 1.165) is 44.7 Å². The number of hydrogen-bond acceptors (Lipinski definition) is 6. The number of carbonyl (C=O) groups excluding carboxylic acids is 5. The van der Waals surface area contributed by atoms with E-state index in [2.05, 4.69) is 16.0 Å². The number of unbranched alkanes of at least 4 members (excludes halogenated alkanes) is 1. The Labute approximate surface area is 263 Å². The Morgan fingerprint density at radius 1 is 0.911 bits per heavy atom. The molecule has 250 valence electrons. The second-order valence-electron chi connectivity index (χ2n) is 11.8. The van der Waals surface area contributed by atoms with Crippen molar-refractivity contribution in [2.24, 2.45) is 5.92 Å². The standard InChI is InChI=1S/C32H47F2N5O6/c1-3-4-15-24(28(41)37-25(20-22-11-7-5-8-12-22)27(40)32(33,34)30(43)35-2)36-29(42)26(21-23-13-9-6-10-14-23)38-31(44)39-16-18-45-19-17-39/h6,9-10,13-14,22,24-26H,3-5,7-8,11-12,15-21H2,1-2H3,(H,35,43)(H,36,42)(H,37,41)(H,38,44)/t24-,25-,26-/m0/s1. The van der Waals surface area contributed by atoms with Crippen molar-refractivity contribution in [3.8, 4) is 0 Å². The number of carbonyl (C=O) groups is 5. The molecule has 0 spiro atoms. The van der Waals surface area contributed by atoms with E-state index in [1.807, 2.05) is 42.6 Å². The summed E-state index contributed by atoms with van der Waals surface area (Å²) in [7, 11) is 1.01. The second kappa shape index (κ2) is 17.8. The molecule has 1 aromatic carbocycles. The number of rotatable bonds is 15. The van der Waals surface area contributed by atoms with Crippen molar-refractivity contribution in [2.75, 3.05) is 33.4 Å². The summed E-state index contributed by atoms with van der Waals surface area (Å²) in [5.41, 5.74) is 0.782. The third kappa shape index (κ3) is 10.8. The first-order chi connectivity index (χ1) is 21.6. The lowest BCUT2D eigenvalue weighted by Crippen LogP contribution is -2.60. The fraction of sp³-hybridized carbons (Fsp3) is 0.656. The summed E-state index contributed by atoms with van der Waals surface area (Å²) in [6.45, 7) is 3.38. The molecule has 11 nitrogen and oxygen atoms in total. The Morgan fingerprint density at radius 2 is 1.53 bits per heavy atom. The quantitative estimate of drug-likeness (QED) is 0.218. The van der Waals surface area contributed by atoms with Crippen LogP contribution in [0.2, 0.25) is 0 Å². The van der Waals surface area contributed by atoms with Gasteiger partial charge < -0.3 is 30.9 Å². The zero-order valence-electron chi connectivity index (χ0n) is 26.2. The van der Waals surface area contributed by atoms with E-state index in [-0.39, 0.29) is 25.2 Å². The van der Waals surface area contributed by atoms with E-state index in [1.165, 1.54) is 0 Å². The highest BCUT2D eigenvalue weighted by Crippen LogP contribution is 2.29. The molecule has 1 aliphatic carbocycles. The minimum Gasteiger partial charge on any atom is -0.378 e. The van der Waals surface area contributed by atoms with Gasteiger partial charge in [0.1, 0.15) is 12.1 Å². The van der Waals surface area contributed by atoms with Gasteiger partial charge in [0.25, 0.3) is 5.91 Å². The highest BCUT2D eigenvalue weighted by molar-refractivity contribution is 6.10. The number of ether oxygens (including phenoxy) is 1. The molecule has 1 aliphatic heterocycles. The summed E-state index contributed by atoms with van der Waals surface area (Å²) in [6.07, 6.45) is 5.74. The third-order valence-electron chi connectivity index (χ3n) is 8.42. The van der Waals surface area contributed by atoms with Gasteiger partial charge in [0, 0.05) is 26.6 Å².